The molecule has 1 aliphatic rings. The molecular formula is C16H22N2O3. The molecule has 21 heavy (non-hydrogen) atoms. The van der Waals surface area contributed by atoms with Crippen molar-refractivity contribution in [3.63, 3.8) is 0 Å². The highest BCUT2D eigenvalue weighted by Gasteiger charge is 2.32. The predicted octanol–water partition coefficient (Wildman–Crippen LogP) is 2.96. The zero-order valence-corrected chi connectivity index (χ0v) is 12.8. The monoisotopic (exact) mass is 290 g/mol. The Morgan fingerprint density at radius 2 is 1.95 bits per heavy atom. The number of hydrogen-bond acceptors (Lipinski definition) is 3. The predicted molar refractivity (Wildman–Crippen MR) is 79.2 cm³/mol. The lowest BCUT2D eigenvalue weighted by Crippen LogP contribution is -2.48. The fourth-order valence-electron chi connectivity index (χ4n) is 2.21. The van der Waals surface area contributed by atoms with Gasteiger partial charge in [0.05, 0.1) is 6.54 Å². The van der Waals surface area contributed by atoms with Crippen molar-refractivity contribution in [1.82, 2.24) is 10.0 Å². The van der Waals surface area contributed by atoms with Crippen molar-refractivity contribution in [2.45, 2.75) is 45.8 Å². The molecule has 0 saturated carbocycles. The number of hydrazine groups is 1. The van der Waals surface area contributed by atoms with E-state index in [9.17, 15) is 9.59 Å². The van der Waals surface area contributed by atoms with E-state index in [-0.39, 0.29) is 5.91 Å². The lowest BCUT2D eigenvalue weighted by molar-refractivity contribution is -0.143. The van der Waals surface area contributed by atoms with E-state index >= 15 is 0 Å². The van der Waals surface area contributed by atoms with Crippen molar-refractivity contribution >= 4 is 12.0 Å². The van der Waals surface area contributed by atoms with Crippen molar-refractivity contribution in [3.8, 4) is 0 Å². The third-order valence-corrected chi connectivity index (χ3v) is 3.12. The average molecular weight is 290 g/mol. The van der Waals surface area contributed by atoms with Crippen LogP contribution in [0.15, 0.2) is 30.3 Å². The van der Waals surface area contributed by atoms with Gasteiger partial charge in [0.15, 0.2) is 0 Å². The Labute approximate surface area is 125 Å². The maximum Gasteiger partial charge on any atom is 0.429 e. The first kappa shape index (κ1) is 15.4. The van der Waals surface area contributed by atoms with E-state index < -0.39 is 11.7 Å². The van der Waals surface area contributed by atoms with Gasteiger partial charge in [-0.1, -0.05) is 30.3 Å². The lowest BCUT2D eigenvalue weighted by atomic mass is 10.2. The third kappa shape index (κ3) is 4.21. The van der Waals surface area contributed by atoms with Gasteiger partial charge in [0.25, 0.3) is 0 Å². The van der Waals surface area contributed by atoms with Crippen molar-refractivity contribution in [2.75, 3.05) is 6.54 Å². The Morgan fingerprint density at radius 3 is 2.48 bits per heavy atom. The minimum Gasteiger partial charge on any atom is -0.442 e. The number of hydrogen-bond donors (Lipinski definition) is 0. The lowest BCUT2D eigenvalue weighted by Gasteiger charge is -2.33. The quantitative estimate of drug-likeness (QED) is 0.860. The second-order valence-electron chi connectivity index (χ2n) is 6.14. The third-order valence-electron chi connectivity index (χ3n) is 3.12. The van der Waals surface area contributed by atoms with Crippen molar-refractivity contribution in [3.05, 3.63) is 35.9 Å². The second kappa shape index (κ2) is 6.16. The summed E-state index contributed by atoms with van der Waals surface area (Å²) in [6, 6.07) is 9.60. The summed E-state index contributed by atoms with van der Waals surface area (Å²) in [4.78, 5) is 24.4. The van der Waals surface area contributed by atoms with E-state index in [2.05, 4.69) is 0 Å². The molecule has 1 fully saturated rings. The molecule has 114 valence electrons. The number of rotatable bonds is 3. The van der Waals surface area contributed by atoms with Crippen LogP contribution in [0.4, 0.5) is 4.79 Å². The fraction of sp³-hybridized carbons (Fsp3) is 0.500. The van der Waals surface area contributed by atoms with Gasteiger partial charge in [-0.3, -0.25) is 4.79 Å². The smallest absolute Gasteiger partial charge is 0.429 e. The number of nitrogens with zero attached hydrogens (tertiary/aromatic N) is 2. The molecule has 0 bridgehead atoms. The average Bonchev–Trinajstić information content (AvgIpc) is 2.81. The zero-order chi connectivity index (χ0) is 15.5. The highest BCUT2D eigenvalue weighted by molar-refractivity contribution is 5.81. The van der Waals surface area contributed by atoms with Crippen LogP contribution in [0, 0.1) is 0 Å². The highest BCUT2D eigenvalue weighted by Crippen LogP contribution is 2.19. The fourth-order valence-corrected chi connectivity index (χ4v) is 2.21. The van der Waals surface area contributed by atoms with Crippen LogP contribution in [0.25, 0.3) is 0 Å². The maximum atomic E-state index is 12.4. The number of carbonyl (C=O) groups is 2. The van der Waals surface area contributed by atoms with E-state index in [1.807, 2.05) is 51.1 Å². The topological polar surface area (TPSA) is 49.9 Å². The summed E-state index contributed by atoms with van der Waals surface area (Å²) in [5.74, 6) is -0.0307. The van der Waals surface area contributed by atoms with Gasteiger partial charge in [-0.15, -0.1) is 0 Å². The van der Waals surface area contributed by atoms with E-state index in [4.69, 9.17) is 4.74 Å². The maximum absolute atomic E-state index is 12.4. The first-order chi connectivity index (χ1) is 9.87. The van der Waals surface area contributed by atoms with Crippen LogP contribution in [-0.2, 0) is 16.1 Å². The first-order valence-electron chi connectivity index (χ1n) is 7.21. The second-order valence-corrected chi connectivity index (χ2v) is 6.14. The summed E-state index contributed by atoms with van der Waals surface area (Å²) >= 11 is 0. The van der Waals surface area contributed by atoms with E-state index in [0.717, 1.165) is 12.0 Å². The van der Waals surface area contributed by atoms with E-state index in [0.29, 0.717) is 19.5 Å². The highest BCUT2D eigenvalue weighted by atomic mass is 16.6. The van der Waals surface area contributed by atoms with E-state index in [1.54, 1.807) is 0 Å². The molecule has 1 heterocycles. The normalized spacial score (nSPS) is 15.2. The van der Waals surface area contributed by atoms with Crippen LogP contribution < -0.4 is 0 Å². The molecule has 2 amide bonds. The Hall–Kier alpha value is -2.04. The van der Waals surface area contributed by atoms with Crippen molar-refractivity contribution in [1.29, 1.82) is 0 Å². The summed E-state index contributed by atoms with van der Waals surface area (Å²) in [6.45, 7) is 6.35. The molecule has 2 rings (SSSR count). The van der Waals surface area contributed by atoms with Crippen molar-refractivity contribution < 1.29 is 14.3 Å². The zero-order valence-electron chi connectivity index (χ0n) is 12.8. The Bertz CT molecular complexity index is 508. The summed E-state index contributed by atoms with van der Waals surface area (Å²) in [5.41, 5.74) is 0.373. The van der Waals surface area contributed by atoms with Gasteiger partial charge in [0.1, 0.15) is 5.60 Å². The number of ether oxygens (including phenoxy) is 1. The van der Waals surface area contributed by atoms with Crippen LogP contribution in [0.2, 0.25) is 0 Å². The Balaban J connectivity index is 2.18. The molecule has 0 aromatic heterocycles. The first-order valence-corrected chi connectivity index (χ1v) is 7.21. The number of amides is 2. The molecule has 1 aromatic carbocycles. The Morgan fingerprint density at radius 1 is 1.29 bits per heavy atom. The molecule has 0 unspecified atom stereocenters. The van der Waals surface area contributed by atoms with Gasteiger partial charge in [-0.05, 0) is 32.8 Å². The van der Waals surface area contributed by atoms with Gasteiger partial charge in [0.2, 0.25) is 5.91 Å². The SMILES string of the molecule is CC(C)(C)OC(=O)N(Cc1ccccc1)N1CCCC1=O. The van der Waals surface area contributed by atoms with Crippen LogP contribution in [0.5, 0.6) is 0 Å². The number of benzene rings is 1. The van der Waals surface area contributed by atoms with Gasteiger partial charge >= 0.3 is 6.09 Å². The standard InChI is InChI=1S/C16H22N2O3/c1-16(2,3)21-15(20)18(17-11-7-10-14(17)19)12-13-8-5-4-6-9-13/h4-6,8-9H,7,10-12H2,1-3H3. The van der Waals surface area contributed by atoms with Crippen LogP contribution in [-0.4, -0.2) is 34.2 Å². The molecule has 5 nitrogen and oxygen atoms in total. The number of carbonyl (C=O) groups excluding carboxylic acids is 2. The minimum absolute atomic E-state index is 0.0307. The van der Waals surface area contributed by atoms with Crippen LogP contribution in [0.1, 0.15) is 39.2 Å². The molecule has 0 spiro atoms. The molecule has 5 heteroatoms. The molecule has 1 saturated heterocycles. The van der Waals surface area contributed by atoms with Gasteiger partial charge in [0, 0.05) is 13.0 Å². The van der Waals surface area contributed by atoms with Gasteiger partial charge in [-0.2, -0.15) is 0 Å². The Kier molecular flexibility index (Phi) is 4.50. The largest absolute Gasteiger partial charge is 0.442 e. The van der Waals surface area contributed by atoms with Crippen molar-refractivity contribution in [2.24, 2.45) is 0 Å². The van der Waals surface area contributed by atoms with Gasteiger partial charge < -0.3 is 4.74 Å². The molecule has 0 atom stereocenters. The summed E-state index contributed by atoms with van der Waals surface area (Å²) < 4.78 is 5.43. The summed E-state index contributed by atoms with van der Waals surface area (Å²) in [5, 5.41) is 2.91. The van der Waals surface area contributed by atoms with Crippen LogP contribution >= 0.6 is 0 Å². The van der Waals surface area contributed by atoms with Crippen LogP contribution in [0.3, 0.4) is 0 Å². The minimum atomic E-state index is -0.588. The summed E-state index contributed by atoms with van der Waals surface area (Å²) in [7, 11) is 0. The van der Waals surface area contributed by atoms with Gasteiger partial charge in [-0.25, -0.2) is 14.8 Å². The molecule has 0 radical (unpaired) electrons. The molecule has 0 aliphatic carbocycles. The summed E-state index contributed by atoms with van der Waals surface area (Å²) in [6.07, 6.45) is 0.766. The molecular weight excluding hydrogens is 268 g/mol. The molecule has 1 aliphatic heterocycles. The molecule has 1 aromatic rings. The molecule has 0 N–H and O–H groups in total. The van der Waals surface area contributed by atoms with E-state index in [1.165, 1.54) is 10.0 Å².